The van der Waals surface area contributed by atoms with Crippen molar-refractivity contribution >= 4 is 27.1 Å². The van der Waals surface area contributed by atoms with Crippen molar-refractivity contribution in [2.24, 2.45) is 0 Å². The predicted molar refractivity (Wildman–Crippen MR) is 119 cm³/mol. The number of rotatable bonds is 15. The normalized spacial score (nSPS) is 17.2. The Morgan fingerprint density at radius 3 is 1.93 bits per heavy atom. The van der Waals surface area contributed by atoms with Gasteiger partial charge in [-0.1, -0.05) is 0 Å². The van der Waals surface area contributed by atoms with Crippen LogP contribution in [0, 0.1) is 0 Å². The molecule has 0 amide bonds. The van der Waals surface area contributed by atoms with E-state index in [1.54, 1.807) is 42.7 Å². The van der Waals surface area contributed by atoms with Gasteiger partial charge in [0.15, 0.2) is 0 Å². The lowest BCUT2D eigenvalue weighted by atomic mass is 10.3. The van der Waals surface area contributed by atoms with Crippen molar-refractivity contribution in [1.29, 1.82) is 0 Å². The highest BCUT2D eigenvalue weighted by Gasteiger charge is 2.43. The summed E-state index contributed by atoms with van der Waals surface area (Å²) in [4.78, 5) is 5.80. The molecule has 0 bridgehead atoms. The summed E-state index contributed by atoms with van der Waals surface area (Å²) < 4.78 is 33.7. The molecule has 1 aliphatic heterocycles. The van der Waals surface area contributed by atoms with Crippen molar-refractivity contribution in [2.75, 3.05) is 88.6 Å². The lowest BCUT2D eigenvalue weighted by Gasteiger charge is -2.34. The van der Waals surface area contributed by atoms with Crippen LogP contribution in [0.25, 0.3) is 0 Å². The monoisotopic (exact) mass is 465 g/mol. The first-order valence-electron chi connectivity index (χ1n) is 9.85. The van der Waals surface area contributed by atoms with Crippen LogP contribution >= 0.6 is 0 Å². The van der Waals surface area contributed by atoms with Gasteiger partial charge in [0.25, 0.3) is 0 Å². The third-order valence-electron chi connectivity index (χ3n) is 5.16. The maximum atomic E-state index is 5.75. The average Bonchev–Trinajstić information content (AvgIpc) is 2.76. The zero-order chi connectivity index (χ0) is 21.8. The van der Waals surface area contributed by atoms with Gasteiger partial charge in [0.1, 0.15) is 0 Å². The molecule has 12 heteroatoms. The van der Waals surface area contributed by atoms with Crippen LogP contribution in [0.15, 0.2) is 11.0 Å². The van der Waals surface area contributed by atoms with Crippen LogP contribution in [0.4, 0.5) is 0 Å². The van der Waals surface area contributed by atoms with Crippen molar-refractivity contribution < 1.29 is 26.6 Å². The summed E-state index contributed by atoms with van der Waals surface area (Å²) in [6, 6.07) is 0.781. The molecule has 1 aliphatic rings. The molecule has 29 heavy (non-hydrogen) atoms. The van der Waals surface area contributed by atoms with Gasteiger partial charge < -0.3 is 41.7 Å². The minimum absolute atomic E-state index is 0.511. The standard InChI is InChI=1S/C17H39N3O6Si3/c1-19-10-12-20(13-11-19)15-17(29(24-5,25-6)26-7)27-16-18-9-8-14-28(21-2,22-3)23-4/h15,18H,8-14,16H2,1-7H3. The quantitative estimate of drug-likeness (QED) is 0.266. The Kier molecular flexibility index (Phi) is 13.0. The minimum atomic E-state index is -2.84. The summed E-state index contributed by atoms with van der Waals surface area (Å²) in [7, 11) is 7.27. The van der Waals surface area contributed by atoms with E-state index >= 15 is 0 Å². The summed E-state index contributed by atoms with van der Waals surface area (Å²) in [6.45, 7) is 4.96. The molecule has 1 heterocycles. The maximum Gasteiger partial charge on any atom is 0.529 e. The molecule has 0 spiro atoms. The van der Waals surface area contributed by atoms with E-state index in [1.807, 2.05) is 0 Å². The van der Waals surface area contributed by atoms with E-state index in [-0.39, 0.29) is 0 Å². The minimum Gasteiger partial charge on any atom is -0.377 e. The molecule has 1 saturated heterocycles. The molecule has 1 rings (SSSR count). The summed E-state index contributed by atoms with van der Waals surface area (Å²) in [5, 5.41) is 3.51. The molecule has 0 aromatic rings. The molecule has 0 atom stereocenters. The molecule has 0 aromatic carbocycles. The van der Waals surface area contributed by atoms with E-state index in [4.69, 9.17) is 26.6 Å². The molecule has 1 N–H and O–H groups in total. The molecule has 0 saturated carbocycles. The van der Waals surface area contributed by atoms with Crippen molar-refractivity contribution in [1.82, 2.24) is 15.1 Å². The second-order valence-electron chi connectivity index (χ2n) is 6.80. The van der Waals surface area contributed by atoms with Gasteiger partial charge in [-0.3, -0.25) is 0 Å². The van der Waals surface area contributed by atoms with Crippen LogP contribution in [0.5, 0.6) is 0 Å². The third kappa shape index (κ3) is 8.14. The highest BCUT2D eigenvalue weighted by atomic mass is 28.4. The van der Waals surface area contributed by atoms with Crippen molar-refractivity contribution in [3.8, 4) is 0 Å². The van der Waals surface area contributed by atoms with Crippen molar-refractivity contribution in [3.63, 3.8) is 0 Å². The number of nitrogens with zero attached hydrogens (tertiary/aromatic N) is 2. The lowest BCUT2D eigenvalue weighted by molar-refractivity contribution is 0.123. The van der Waals surface area contributed by atoms with E-state index in [0.717, 1.165) is 56.2 Å². The Morgan fingerprint density at radius 1 is 0.897 bits per heavy atom. The lowest BCUT2D eigenvalue weighted by Crippen LogP contribution is -2.50. The average molecular weight is 466 g/mol. The van der Waals surface area contributed by atoms with Crippen molar-refractivity contribution in [3.05, 3.63) is 11.0 Å². The first kappa shape index (κ1) is 26.9. The van der Waals surface area contributed by atoms with Crippen LogP contribution in [0.1, 0.15) is 6.42 Å². The molecule has 0 aromatic heterocycles. The van der Waals surface area contributed by atoms with Gasteiger partial charge in [0, 0.05) is 79.7 Å². The van der Waals surface area contributed by atoms with E-state index in [0.29, 0.717) is 9.52 Å². The Morgan fingerprint density at radius 2 is 1.45 bits per heavy atom. The first-order valence-corrected chi connectivity index (χ1v) is 14.7. The maximum absolute atomic E-state index is 5.75. The van der Waals surface area contributed by atoms with Gasteiger partial charge in [0.2, 0.25) is 0 Å². The second-order valence-corrected chi connectivity index (χ2v) is 14.5. The number of hydrogen-bond acceptors (Lipinski definition) is 9. The van der Waals surface area contributed by atoms with Crippen molar-refractivity contribution in [2.45, 2.75) is 12.5 Å². The topological polar surface area (TPSA) is 73.9 Å². The number of likely N-dealkylation sites (N-methyl/N-ethyl adjacent to an activating group) is 1. The van der Waals surface area contributed by atoms with Gasteiger partial charge in [-0.25, -0.2) is 0 Å². The van der Waals surface area contributed by atoms with Crippen LogP contribution in [-0.2, 0) is 26.6 Å². The summed E-state index contributed by atoms with van der Waals surface area (Å²) in [5.41, 5.74) is 0. The molecule has 2 radical (unpaired) electrons. The second kappa shape index (κ2) is 14.0. The Hall–Kier alpha value is -0.129. The van der Waals surface area contributed by atoms with Gasteiger partial charge >= 0.3 is 17.6 Å². The highest BCUT2D eigenvalue weighted by Crippen LogP contribution is 2.18. The fourth-order valence-corrected chi connectivity index (χ4v) is 9.22. The van der Waals surface area contributed by atoms with Gasteiger partial charge in [-0.2, -0.15) is 0 Å². The third-order valence-corrected chi connectivity index (χ3v) is 12.8. The van der Waals surface area contributed by atoms with Gasteiger partial charge in [-0.15, -0.1) is 0 Å². The fraction of sp³-hybridized carbons (Fsp3) is 0.882. The smallest absolute Gasteiger partial charge is 0.377 e. The molecular formula is C17H39N3O6Si3. The molecule has 1 fully saturated rings. The zero-order valence-corrected chi connectivity index (χ0v) is 22.1. The molecule has 9 nitrogen and oxygen atoms in total. The summed E-state index contributed by atoms with van der Waals surface area (Å²) >= 11 is 0. The molecule has 0 aliphatic carbocycles. The Labute approximate surface area is 181 Å². The number of piperazine rings is 1. The number of hydrogen-bond donors (Lipinski definition) is 1. The molecule has 0 unspecified atom stereocenters. The SMILES string of the molecule is CO[Si](CCCNC[Si]C(=CN1CCN(C)CC1)[Si](OC)(OC)OC)(OC)OC. The Balaban J connectivity index is 2.62. The fourth-order valence-electron chi connectivity index (χ4n) is 3.18. The van der Waals surface area contributed by atoms with Crippen LogP contribution in [0.2, 0.25) is 6.04 Å². The van der Waals surface area contributed by atoms with E-state index in [1.165, 1.54) is 0 Å². The van der Waals surface area contributed by atoms with E-state index < -0.39 is 17.6 Å². The summed E-state index contributed by atoms with van der Waals surface area (Å²) in [6.07, 6.45) is 3.96. The summed E-state index contributed by atoms with van der Waals surface area (Å²) in [5.74, 6) is 0. The largest absolute Gasteiger partial charge is 0.529 e. The Bertz CT molecular complexity index is 457. The highest BCUT2D eigenvalue weighted by molar-refractivity contribution is 6.83. The zero-order valence-electron chi connectivity index (χ0n) is 19.1. The van der Waals surface area contributed by atoms with Gasteiger partial charge in [-0.05, 0) is 32.4 Å². The first-order chi connectivity index (χ1) is 13.9. The van der Waals surface area contributed by atoms with Crippen LogP contribution in [0.3, 0.4) is 0 Å². The number of nitrogens with one attached hydrogen (secondary N) is 1. The van der Waals surface area contributed by atoms with Crippen LogP contribution in [-0.4, -0.2) is 126 Å². The molecular weight excluding hydrogens is 426 g/mol. The predicted octanol–water partition coefficient (Wildman–Crippen LogP) is 0.0120. The van der Waals surface area contributed by atoms with E-state index in [2.05, 4.69) is 28.4 Å². The van der Waals surface area contributed by atoms with Gasteiger partial charge in [0.05, 0.1) is 9.52 Å². The molecule has 170 valence electrons. The van der Waals surface area contributed by atoms with Crippen LogP contribution < -0.4 is 5.32 Å². The van der Waals surface area contributed by atoms with E-state index in [9.17, 15) is 0 Å².